The lowest BCUT2D eigenvalue weighted by Gasteiger charge is -2.07. The molecule has 0 fully saturated rings. The molecule has 1 amide bonds. The van der Waals surface area contributed by atoms with Gasteiger partial charge in [-0.15, -0.1) is 0 Å². The average molecular weight is 229 g/mol. The summed E-state index contributed by atoms with van der Waals surface area (Å²) in [6, 6.07) is 0. The molecule has 7 heteroatoms. The molecule has 0 rings (SSSR count). The zero-order valence-corrected chi connectivity index (χ0v) is 8.14. The van der Waals surface area contributed by atoms with Crippen LogP contribution in [0.4, 0.5) is 13.2 Å². The number of hydrogen-bond donors (Lipinski definition) is 2. The molecule has 0 aliphatic carbocycles. The van der Waals surface area contributed by atoms with Gasteiger partial charge >= 0.3 is 6.18 Å². The van der Waals surface area contributed by atoms with Gasteiger partial charge < -0.3 is 15.2 Å². The molecular formula is C8H14F3NO3. The highest BCUT2D eigenvalue weighted by Gasteiger charge is 2.27. The summed E-state index contributed by atoms with van der Waals surface area (Å²) in [5.74, 6) is -0.653. The molecular weight excluding hydrogens is 215 g/mol. The van der Waals surface area contributed by atoms with Crippen molar-refractivity contribution in [2.45, 2.75) is 19.0 Å². The fourth-order valence-electron chi connectivity index (χ4n) is 0.773. The van der Waals surface area contributed by atoms with Crippen LogP contribution in [0.2, 0.25) is 0 Å². The van der Waals surface area contributed by atoms with Crippen LogP contribution >= 0.6 is 0 Å². The predicted molar refractivity (Wildman–Crippen MR) is 46.2 cm³/mol. The Morgan fingerprint density at radius 3 is 2.53 bits per heavy atom. The molecule has 0 saturated carbocycles. The van der Waals surface area contributed by atoms with Crippen LogP contribution in [0.15, 0.2) is 0 Å². The van der Waals surface area contributed by atoms with Crippen LogP contribution in [-0.4, -0.2) is 43.6 Å². The van der Waals surface area contributed by atoms with E-state index >= 15 is 0 Å². The third-order valence-electron chi connectivity index (χ3n) is 1.44. The number of aliphatic hydroxyl groups excluding tert-OH is 1. The van der Waals surface area contributed by atoms with Crippen LogP contribution < -0.4 is 5.32 Å². The molecule has 0 aromatic heterocycles. The highest BCUT2D eigenvalue weighted by Crippen LogP contribution is 2.20. The number of amides is 1. The van der Waals surface area contributed by atoms with E-state index in [1.807, 2.05) is 0 Å². The van der Waals surface area contributed by atoms with Crippen LogP contribution in [-0.2, 0) is 9.53 Å². The Labute approximate surface area is 85.4 Å². The maximum atomic E-state index is 11.7. The minimum atomic E-state index is -4.30. The molecule has 0 aliphatic rings. The Morgan fingerprint density at radius 1 is 1.33 bits per heavy atom. The van der Waals surface area contributed by atoms with Gasteiger partial charge in [0.15, 0.2) is 0 Å². The largest absolute Gasteiger partial charge is 0.394 e. The van der Waals surface area contributed by atoms with Crippen LogP contribution in [0.5, 0.6) is 0 Å². The Balaban J connectivity index is 3.34. The van der Waals surface area contributed by atoms with E-state index in [0.717, 1.165) is 0 Å². The van der Waals surface area contributed by atoms with Crippen molar-refractivity contribution in [1.82, 2.24) is 5.32 Å². The number of rotatable bonds is 7. The molecule has 4 nitrogen and oxygen atoms in total. The van der Waals surface area contributed by atoms with E-state index in [1.165, 1.54) is 0 Å². The van der Waals surface area contributed by atoms with Gasteiger partial charge in [-0.05, 0) is 0 Å². The molecule has 0 saturated heterocycles. The molecule has 90 valence electrons. The smallest absolute Gasteiger partial charge is 0.389 e. The lowest BCUT2D eigenvalue weighted by atomic mass is 10.3. The van der Waals surface area contributed by atoms with E-state index in [4.69, 9.17) is 9.84 Å². The second kappa shape index (κ2) is 7.47. The van der Waals surface area contributed by atoms with Crippen LogP contribution in [0.1, 0.15) is 12.8 Å². The van der Waals surface area contributed by atoms with Gasteiger partial charge in [-0.25, -0.2) is 0 Å². The fraction of sp³-hybridized carbons (Fsp3) is 0.875. The van der Waals surface area contributed by atoms with Gasteiger partial charge in [-0.1, -0.05) is 0 Å². The van der Waals surface area contributed by atoms with Gasteiger partial charge in [0.2, 0.25) is 5.91 Å². The first-order chi connectivity index (χ1) is 6.95. The highest BCUT2D eigenvalue weighted by atomic mass is 19.4. The fourth-order valence-corrected chi connectivity index (χ4v) is 0.773. The Hall–Kier alpha value is -0.820. The molecule has 0 aromatic carbocycles. The van der Waals surface area contributed by atoms with Crippen molar-refractivity contribution < 1.29 is 27.8 Å². The lowest BCUT2D eigenvalue weighted by Crippen LogP contribution is -2.28. The first-order valence-electron chi connectivity index (χ1n) is 4.48. The Bertz CT molecular complexity index is 184. The molecule has 0 bridgehead atoms. The quantitative estimate of drug-likeness (QED) is 0.623. The third-order valence-corrected chi connectivity index (χ3v) is 1.44. The van der Waals surface area contributed by atoms with Crippen LogP contribution in [0, 0.1) is 0 Å². The minimum Gasteiger partial charge on any atom is -0.394 e. The summed E-state index contributed by atoms with van der Waals surface area (Å²) < 4.78 is 39.8. The van der Waals surface area contributed by atoms with E-state index < -0.39 is 24.9 Å². The van der Waals surface area contributed by atoms with E-state index in [1.54, 1.807) is 0 Å². The first-order valence-corrected chi connectivity index (χ1v) is 4.48. The second-order valence-electron chi connectivity index (χ2n) is 2.80. The summed E-state index contributed by atoms with van der Waals surface area (Å²) in [5, 5.41) is 10.6. The number of alkyl halides is 3. The summed E-state index contributed by atoms with van der Waals surface area (Å²) in [4.78, 5) is 10.8. The standard InChI is InChI=1S/C8H14F3NO3/c9-8(10,11)2-1-7(14)12-3-5-15-6-4-13/h13H,1-6H2,(H,12,14). The molecule has 0 unspecified atom stereocenters. The monoisotopic (exact) mass is 229 g/mol. The number of nitrogens with one attached hydrogen (secondary N) is 1. The van der Waals surface area contributed by atoms with Gasteiger partial charge in [-0.3, -0.25) is 4.79 Å². The topological polar surface area (TPSA) is 58.6 Å². The Morgan fingerprint density at radius 2 is 2.00 bits per heavy atom. The van der Waals surface area contributed by atoms with Gasteiger partial charge in [-0.2, -0.15) is 13.2 Å². The molecule has 15 heavy (non-hydrogen) atoms. The normalized spacial score (nSPS) is 11.5. The van der Waals surface area contributed by atoms with Crippen LogP contribution in [0.25, 0.3) is 0 Å². The molecule has 0 radical (unpaired) electrons. The number of halogens is 3. The van der Waals surface area contributed by atoms with Crippen molar-refractivity contribution in [2.24, 2.45) is 0 Å². The first kappa shape index (κ1) is 14.2. The zero-order valence-electron chi connectivity index (χ0n) is 8.14. The van der Waals surface area contributed by atoms with Crippen molar-refractivity contribution in [3.63, 3.8) is 0 Å². The van der Waals surface area contributed by atoms with E-state index in [0.29, 0.717) is 0 Å². The van der Waals surface area contributed by atoms with Crippen molar-refractivity contribution in [3.8, 4) is 0 Å². The van der Waals surface area contributed by atoms with Crippen molar-refractivity contribution in [2.75, 3.05) is 26.4 Å². The maximum absolute atomic E-state index is 11.7. The Kier molecular flexibility index (Phi) is 7.06. The lowest BCUT2D eigenvalue weighted by molar-refractivity contribution is -0.144. The summed E-state index contributed by atoms with van der Waals surface area (Å²) in [6.07, 6.45) is -5.98. The molecule has 0 aliphatic heterocycles. The molecule has 0 aromatic rings. The van der Waals surface area contributed by atoms with Crippen LogP contribution in [0.3, 0.4) is 0 Å². The van der Waals surface area contributed by atoms with Crippen molar-refractivity contribution >= 4 is 5.91 Å². The molecule has 0 atom stereocenters. The molecule has 0 heterocycles. The summed E-state index contributed by atoms with van der Waals surface area (Å²) in [5.41, 5.74) is 0. The summed E-state index contributed by atoms with van der Waals surface area (Å²) in [7, 11) is 0. The highest BCUT2D eigenvalue weighted by molar-refractivity contribution is 5.75. The molecule has 2 N–H and O–H groups in total. The van der Waals surface area contributed by atoms with E-state index in [9.17, 15) is 18.0 Å². The minimum absolute atomic E-state index is 0.123. The SMILES string of the molecule is O=C(CCC(F)(F)F)NCCOCCO. The number of ether oxygens (including phenoxy) is 1. The maximum Gasteiger partial charge on any atom is 0.389 e. The van der Waals surface area contributed by atoms with Gasteiger partial charge in [0.25, 0.3) is 0 Å². The van der Waals surface area contributed by atoms with Gasteiger partial charge in [0, 0.05) is 13.0 Å². The predicted octanol–water partition coefficient (Wildman–Crippen LogP) is 0.454. The third kappa shape index (κ3) is 11.1. The van der Waals surface area contributed by atoms with Gasteiger partial charge in [0.05, 0.1) is 26.2 Å². The molecule has 0 spiro atoms. The second-order valence-corrected chi connectivity index (χ2v) is 2.80. The van der Waals surface area contributed by atoms with E-state index in [-0.39, 0.29) is 26.4 Å². The van der Waals surface area contributed by atoms with Crippen molar-refractivity contribution in [3.05, 3.63) is 0 Å². The van der Waals surface area contributed by atoms with E-state index in [2.05, 4.69) is 5.32 Å². The number of hydrogen-bond acceptors (Lipinski definition) is 3. The van der Waals surface area contributed by atoms with Gasteiger partial charge in [0.1, 0.15) is 0 Å². The summed E-state index contributed by atoms with van der Waals surface area (Å²) >= 11 is 0. The van der Waals surface area contributed by atoms with Crippen molar-refractivity contribution in [1.29, 1.82) is 0 Å². The average Bonchev–Trinajstić information content (AvgIpc) is 2.13. The summed E-state index contributed by atoms with van der Waals surface area (Å²) in [6.45, 7) is 0.357. The number of aliphatic hydroxyl groups is 1. The zero-order chi connectivity index (χ0) is 11.7. The number of carbonyl (C=O) groups is 1. The number of carbonyl (C=O) groups excluding carboxylic acids is 1.